The Morgan fingerprint density at radius 2 is 1.73 bits per heavy atom. The third-order valence-electron chi connectivity index (χ3n) is 4.70. The van der Waals surface area contributed by atoms with E-state index in [2.05, 4.69) is 79.4 Å². The van der Waals surface area contributed by atoms with Gasteiger partial charge in [0.15, 0.2) is 0 Å². The second-order valence-corrected chi connectivity index (χ2v) is 6.62. The van der Waals surface area contributed by atoms with Gasteiger partial charge in [-0.15, -0.1) is 0 Å². The summed E-state index contributed by atoms with van der Waals surface area (Å²) in [7, 11) is 0. The van der Waals surface area contributed by atoms with E-state index in [9.17, 15) is 5.26 Å². The summed E-state index contributed by atoms with van der Waals surface area (Å²) in [5.74, 6) is -0.0764. The zero-order chi connectivity index (χ0) is 18.6. The molecule has 0 aliphatic heterocycles. The summed E-state index contributed by atoms with van der Waals surface area (Å²) in [6, 6.07) is 21.3. The number of benzene rings is 2. The minimum Gasteiger partial charge on any atom is -0.303 e. The number of nitriles is 1. The van der Waals surface area contributed by atoms with Gasteiger partial charge in [0, 0.05) is 6.54 Å². The average Bonchev–Trinajstić information content (AvgIpc) is 2.69. The molecule has 0 aliphatic rings. The Hall–Kier alpha value is -2.37. The topological polar surface area (TPSA) is 27.0 Å². The Balaban J connectivity index is 2.12. The highest BCUT2D eigenvalue weighted by molar-refractivity contribution is 5.68. The molecule has 2 heteroatoms. The molecule has 2 aromatic rings. The lowest BCUT2D eigenvalue weighted by Crippen LogP contribution is -2.27. The molecule has 1 atom stereocenters. The molecule has 0 N–H and O–H groups in total. The quantitative estimate of drug-likeness (QED) is 0.491. The SMILES string of the molecule is C/C=C/CCN(CCC)CCC(C#N)c1ccccc1-c1ccccc1. The van der Waals surface area contributed by atoms with Crippen molar-refractivity contribution >= 4 is 0 Å². The molecule has 0 amide bonds. The molecule has 0 aliphatic carbocycles. The van der Waals surface area contributed by atoms with E-state index < -0.39 is 0 Å². The smallest absolute Gasteiger partial charge is 0.0730 e. The van der Waals surface area contributed by atoms with Crippen molar-refractivity contribution in [3.63, 3.8) is 0 Å². The summed E-state index contributed by atoms with van der Waals surface area (Å²) in [5.41, 5.74) is 3.50. The molecule has 0 heterocycles. The molecule has 0 saturated carbocycles. The molecule has 2 rings (SSSR count). The fourth-order valence-corrected chi connectivity index (χ4v) is 3.36. The summed E-state index contributed by atoms with van der Waals surface area (Å²) >= 11 is 0. The van der Waals surface area contributed by atoms with Crippen LogP contribution in [0.4, 0.5) is 0 Å². The van der Waals surface area contributed by atoms with Crippen LogP contribution in [-0.4, -0.2) is 24.5 Å². The third-order valence-corrected chi connectivity index (χ3v) is 4.70. The van der Waals surface area contributed by atoms with Crippen molar-refractivity contribution in [1.82, 2.24) is 4.90 Å². The Kier molecular flexibility index (Phi) is 8.66. The van der Waals surface area contributed by atoms with Crippen LogP contribution >= 0.6 is 0 Å². The van der Waals surface area contributed by atoms with Gasteiger partial charge < -0.3 is 4.90 Å². The van der Waals surface area contributed by atoms with Crippen LogP contribution in [0.15, 0.2) is 66.7 Å². The van der Waals surface area contributed by atoms with Gasteiger partial charge in [-0.25, -0.2) is 0 Å². The van der Waals surface area contributed by atoms with Crippen LogP contribution in [0.5, 0.6) is 0 Å². The van der Waals surface area contributed by atoms with E-state index in [1.54, 1.807) is 0 Å². The van der Waals surface area contributed by atoms with Crippen molar-refractivity contribution in [3.05, 3.63) is 72.3 Å². The van der Waals surface area contributed by atoms with Gasteiger partial charge in [0.2, 0.25) is 0 Å². The highest BCUT2D eigenvalue weighted by Crippen LogP contribution is 2.31. The van der Waals surface area contributed by atoms with Gasteiger partial charge in [-0.1, -0.05) is 73.7 Å². The van der Waals surface area contributed by atoms with Crippen LogP contribution in [0.2, 0.25) is 0 Å². The number of hydrogen-bond acceptors (Lipinski definition) is 2. The molecule has 136 valence electrons. The standard InChI is InChI=1S/C24H30N2/c1-3-5-11-18-26(17-4-2)19-16-22(20-25)24-15-10-9-14-23(24)21-12-7-6-8-13-21/h3,5-10,12-15,22H,4,11,16-19H2,1-2H3/b5-3+. The van der Waals surface area contributed by atoms with Crippen LogP contribution in [0.1, 0.15) is 44.6 Å². The first-order valence-electron chi connectivity index (χ1n) is 9.67. The van der Waals surface area contributed by atoms with Crippen LogP contribution in [-0.2, 0) is 0 Å². The minimum absolute atomic E-state index is 0.0764. The third kappa shape index (κ3) is 5.86. The van der Waals surface area contributed by atoms with Crippen LogP contribution in [0.3, 0.4) is 0 Å². The zero-order valence-electron chi connectivity index (χ0n) is 16.1. The average molecular weight is 347 g/mol. The maximum atomic E-state index is 9.83. The van der Waals surface area contributed by atoms with E-state index in [0.29, 0.717) is 0 Å². The van der Waals surface area contributed by atoms with Crippen molar-refractivity contribution in [1.29, 1.82) is 5.26 Å². The van der Waals surface area contributed by atoms with E-state index in [4.69, 9.17) is 0 Å². The second-order valence-electron chi connectivity index (χ2n) is 6.62. The highest BCUT2D eigenvalue weighted by atomic mass is 15.1. The van der Waals surface area contributed by atoms with Crippen LogP contribution in [0, 0.1) is 11.3 Å². The monoisotopic (exact) mass is 346 g/mol. The lowest BCUT2D eigenvalue weighted by molar-refractivity contribution is 0.273. The van der Waals surface area contributed by atoms with E-state index in [1.807, 2.05) is 12.1 Å². The summed E-state index contributed by atoms with van der Waals surface area (Å²) in [5, 5.41) is 9.83. The first-order chi connectivity index (χ1) is 12.8. The van der Waals surface area contributed by atoms with Crippen molar-refractivity contribution < 1.29 is 0 Å². The molecule has 0 spiro atoms. The van der Waals surface area contributed by atoms with E-state index in [-0.39, 0.29) is 5.92 Å². The van der Waals surface area contributed by atoms with Gasteiger partial charge >= 0.3 is 0 Å². The molecule has 0 bridgehead atoms. The van der Waals surface area contributed by atoms with Gasteiger partial charge in [0.05, 0.1) is 12.0 Å². The maximum absolute atomic E-state index is 9.83. The van der Waals surface area contributed by atoms with E-state index in [1.165, 1.54) is 11.1 Å². The zero-order valence-corrected chi connectivity index (χ0v) is 16.1. The molecule has 2 aromatic carbocycles. The van der Waals surface area contributed by atoms with Crippen LogP contribution in [0.25, 0.3) is 11.1 Å². The Labute approximate surface area is 158 Å². The summed E-state index contributed by atoms with van der Waals surface area (Å²) in [6.45, 7) is 7.41. The molecule has 26 heavy (non-hydrogen) atoms. The Morgan fingerprint density at radius 1 is 1.00 bits per heavy atom. The fraction of sp³-hybridized carbons (Fsp3) is 0.375. The predicted octanol–water partition coefficient (Wildman–Crippen LogP) is 6.03. The summed E-state index contributed by atoms with van der Waals surface area (Å²) in [6.07, 6.45) is 7.42. The van der Waals surface area contributed by atoms with Crippen molar-refractivity contribution in [2.75, 3.05) is 19.6 Å². The molecular formula is C24H30N2. The first-order valence-corrected chi connectivity index (χ1v) is 9.67. The van der Waals surface area contributed by atoms with E-state index in [0.717, 1.165) is 44.5 Å². The second kappa shape index (κ2) is 11.3. The predicted molar refractivity (Wildman–Crippen MR) is 111 cm³/mol. The van der Waals surface area contributed by atoms with Gasteiger partial charge in [0.25, 0.3) is 0 Å². The normalized spacial score (nSPS) is 12.4. The van der Waals surface area contributed by atoms with Crippen LogP contribution < -0.4 is 0 Å². The largest absolute Gasteiger partial charge is 0.303 e. The number of rotatable bonds is 10. The summed E-state index contributed by atoms with van der Waals surface area (Å²) in [4.78, 5) is 2.48. The molecule has 0 radical (unpaired) electrons. The lowest BCUT2D eigenvalue weighted by Gasteiger charge is -2.23. The molecular weight excluding hydrogens is 316 g/mol. The summed E-state index contributed by atoms with van der Waals surface area (Å²) < 4.78 is 0. The van der Waals surface area contributed by atoms with Gasteiger partial charge in [-0.2, -0.15) is 5.26 Å². The minimum atomic E-state index is -0.0764. The lowest BCUT2D eigenvalue weighted by atomic mass is 9.89. The van der Waals surface area contributed by atoms with Crippen molar-refractivity contribution in [3.8, 4) is 17.2 Å². The van der Waals surface area contributed by atoms with Gasteiger partial charge in [0.1, 0.15) is 0 Å². The number of allylic oxidation sites excluding steroid dienone is 1. The molecule has 0 saturated heterocycles. The molecule has 0 fully saturated rings. The molecule has 0 aromatic heterocycles. The number of hydrogen-bond donors (Lipinski definition) is 0. The fourth-order valence-electron chi connectivity index (χ4n) is 3.36. The number of nitrogens with zero attached hydrogens (tertiary/aromatic N) is 2. The highest BCUT2D eigenvalue weighted by Gasteiger charge is 2.16. The van der Waals surface area contributed by atoms with Crippen molar-refractivity contribution in [2.24, 2.45) is 0 Å². The van der Waals surface area contributed by atoms with Gasteiger partial charge in [-0.05, 0) is 56.0 Å². The Bertz CT molecular complexity index is 712. The molecule has 2 nitrogen and oxygen atoms in total. The van der Waals surface area contributed by atoms with Crippen molar-refractivity contribution in [2.45, 2.75) is 39.0 Å². The maximum Gasteiger partial charge on any atom is 0.0730 e. The van der Waals surface area contributed by atoms with Gasteiger partial charge in [-0.3, -0.25) is 0 Å². The first kappa shape index (κ1) is 19.9. The Morgan fingerprint density at radius 3 is 2.42 bits per heavy atom. The molecule has 1 unspecified atom stereocenters. The van der Waals surface area contributed by atoms with E-state index >= 15 is 0 Å².